The number of benzene rings is 3. The van der Waals surface area contributed by atoms with Gasteiger partial charge >= 0.3 is 0 Å². The van der Waals surface area contributed by atoms with Crippen molar-refractivity contribution >= 4 is 62.6 Å². The van der Waals surface area contributed by atoms with E-state index < -0.39 is 10.0 Å². The van der Waals surface area contributed by atoms with Gasteiger partial charge in [0.1, 0.15) is 5.82 Å². The Labute approximate surface area is 233 Å². The van der Waals surface area contributed by atoms with Gasteiger partial charge in [-0.25, -0.2) is 23.5 Å². The molecule has 3 aromatic carbocycles. The number of nitrogens with two attached hydrogens (primary N) is 1. The van der Waals surface area contributed by atoms with E-state index in [0.29, 0.717) is 29.6 Å². The molecule has 39 heavy (non-hydrogen) atoms. The van der Waals surface area contributed by atoms with Crippen molar-refractivity contribution in [2.45, 2.75) is 18.4 Å². The number of fused-ring (bicyclic) bond motifs is 1. The first-order valence-corrected chi connectivity index (χ1v) is 13.5. The maximum Gasteiger partial charge on any atom is 0.238 e. The number of rotatable bonds is 8. The molecule has 5 aromatic rings. The third-order valence-electron chi connectivity index (χ3n) is 6.28. The number of anilines is 5. The summed E-state index contributed by atoms with van der Waals surface area (Å²) < 4.78 is 25.8. The van der Waals surface area contributed by atoms with Crippen molar-refractivity contribution in [1.82, 2.24) is 19.5 Å². The molecule has 0 saturated carbocycles. The van der Waals surface area contributed by atoms with Gasteiger partial charge in [0.2, 0.25) is 21.9 Å². The number of nitrogens with one attached hydrogen (secondary N) is 2. The van der Waals surface area contributed by atoms with Crippen LogP contribution in [0.1, 0.15) is 11.1 Å². The van der Waals surface area contributed by atoms with Gasteiger partial charge in [-0.3, -0.25) is 0 Å². The quantitative estimate of drug-likeness (QED) is 0.243. The highest BCUT2D eigenvalue weighted by molar-refractivity contribution is 7.89. The van der Waals surface area contributed by atoms with Crippen molar-refractivity contribution in [2.24, 2.45) is 12.2 Å². The number of nitrogens with zero attached hydrogens (tertiary/aromatic N) is 5. The molecule has 2 heterocycles. The van der Waals surface area contributed by atoms with Crippen LogP contribution in [0.2, 0.25) is 0 Å². The maximum atomic E-state index is 11.9. The first kappa shape index (κ1) is 27.8. The molecule has 0 fully saturated rings. The zero-order valence-electron chi connectivity index (χ0n) is 21.7. The third-order valence-corrected chi connectivity index (χ3v) is 7.33. The lowest BCUT2D eigenvalue weighted by Gasteiger charge is -2.19. The van der Waals surface area contributed by atoms with E-state index in [1.54, 1.807) is 31.3 Å². The molecule has 0 atom stereocenters. The Morgan fingerprint density at radius 1 is 1.00 bits per heavy atom. The van der Waals surface area contributed by atoms with Gasteiger partial charge in [0, 0.05) is 38.2 Å². The molecule has 202 valence electrons. The number of hydrogen-bond donors (Lipinski definition) is 3. The molecule has 0 aliphatic heterocycles. The highest BCUT2D eigenvalue weighted by Gasteiger charge is 2.14. The van der Waals surface area contributed by atoms with E-state index in [1.807, 2.05) is 60.0 Å². The summed E-state index contributed by atoms with van der Waals surface area (Å²) in [5.74, 6) is 1.76. The van der Waals surface area contributed by atoms with Gasteiger partial charge in [-0.05, 0) is 54.4 Å². The summed E-state index contributed by atoms with van der Waals surface area (Å²) in [4.78, 5) is 15.7. The molecule has 12 heteroatoms. The number of sulfonamides is 1. The molecular weight excluding hydrogens is 536 g/mol. The molecule has 0 aliphatic rings. The smallest absolute Gasteiger partial charge is 0.238 e. The average molecular weight is 565 g/mol. The van der Waals surface area contributed by atoms with E-state index in [2.05, 4.69) is 32.7 Å². The monoisotopic (exact) mass is 564 g/mol. The van der Waals surface area contributed by atoms with E-state index in [1.165, 1.54) is 11.6 Å². The zero-order valence-corrected chi connectivity index (χ0v) is 23.3. The van der Waals surface area contributed by atoms with Crippen LogP contribution in [0.4, 0.5) is 29.1 Å². The van der Waals surface area contributed by atoms with Crippen molar-refractivity contribution in [3.05, 3.63) is 90.1 Å². The molecule has 0 bridgehead atoms. The van der Waals surface area contributed by atoms with Crippen LogP contribution in [0.15, 0.2) is 83.9 Å². The van der Waals surface area contributed by atoms with Crippen LogP contribution in [-0.4, -0.2) is 35.0 Å². The predicted molar refractivity (Wildman–Crippen MR) is 158 cm³/mol. The Bertz CT molecular complexity index is 1730. The highest BCUT2D eigenvalue weighted by atomic mass is 35.5. The molecule has 0 aliphatic carbocycles. The Kier molecular flexibility index (Phi) is 8.05. The maximum absolute atomic E-state index is 11.9. The molecule has 0 spiro atoms. The minimum absolute atomic E-state index is 0. The molecular formula is C27H29ClN8O2S. The van der Waals surface area contributed by atoms with E-state index in [9.17, 15) is 8.42 Å². The summed E-state index contributed by atoms with van der Waals surface area (Å²) in [6.07, 6.45) is 1.64. The Morgan fingerprint density at radius 3 is 2.51 bits per heavy atom. The highest BCUT2D eigenvalue weighted by Crippen LogP contribution is 2.28. The molecule has 10 nitrogen and oxygen atoms in total. The normalized spacial score (nSPS) is 11.2. The van der Waals surface area contributed by atoms with Crippen LogP contribution >= 0.6 is 12.4 Å². The fourth-order valence-corrected chi connectivity index (χ4v) is 4.98. The fraction of sp³-hybridized carbons (Fsp3) is 0.148. The molecule has 5 rings (SSSR count). The van der Waals surface area contributed by atoms with Crippen LogP contribution in [0.3, 0.4) is 0 Å². The van der Waals surface area contributed by atoms with Crippen LogP contribution in [-0.2, 0) is 23.6 Å². The van der Waals surface area contributed by atoms with Gasteiger partial charge in [0.05, 0.1) is 15.9 Å². The van der Waals surface area contributed by atoms with Crippen molar-refractivity contribution in [3.8, 4) is 0 Å². The first-order valence-electron chi connectivity index (χ1n) is 11.9. The summed E-state index contributed by atoms with van der Waals surface area (Å²) in [5.41, 5.74) is 5.03. The number of imidazole rings is 1. The molecule has 0 saturated heterocycles. The van der Waals surface area contributed by atoms with E-state index >= 15 is 0 Å². The topological polar surface area (TPSA) is 131 Å². The summed E-state index contributed by atoms with van der Waals surface area (Å²) in [6, 6.07) is 22.9. The third kappa shape index (κ3) is 6.11. The van der Waals surface area contributed by atoms with Gasteiger partial charge in [0.15, 0.2) is 0 Å². The van der Waals surface area contributed by atoms with Crippen molar-refractivity contribution in [3.63, 3.8) is 0 Å². The van der Waals surface area contributed by atoms with Crippen LogP contribution < -0.4 is 20.7 Å². The Balaban J connectivity index is 0.00000353. The Hall–Kier alpha value is -4.19. The van der Waals surface area contributed by atoms with Crippen molar-refractivity contribution in [2.75, 3.05) is 22.6 Å². The molecule has 0 amide bonds. The predicted octanol–water partition coefficient (Wildman–Crippen LogP) is 4.86. The standard InChI is InChI=1S/C27H28N8O2S.ClH/c1-18-9-10-20(15-24(18)38(28,36)37)31-26-29-14-13-25(33-26)34(2)21-11-12-23-22(16-21)32-27(35(23)3)30-17-19-7-5-4-6-8-19;/h4-16H,17H2,1-3H3,(H,30,32)(H2,28,36,37)(H,29,31,33);1H. The number of primary sulfonamides is 1. The van der Waals surface area contributed by atoms with Crippen molar-refractivity contribution in [1.29, 1.82) is 0 Å². The van der Waals surface area contributed by atoms with Crippen LogP contribution in [0.5, 0.6) is 0 Å². The summed E-state index contributed by atoms with van der Waals surface area (Å²) in [5, 5.41) is 11.8. The molecule has 0 radical (unpaired) electrons. The second kappa shape index (κ2) is 11.3. The number of aryl methyl sites for hydroxylation is 2. The van der Waals surface area contributed by atoms with Gasteiger partial charge in [-0.1, -0.05) is 36.4 Å². The van der Waals surface area contributed by atoms with Crippen molar-refractivity contribution < 1.29 is 8.42 Å². The number of aromatic nitrogens is 4. The fourth-order valence-electron chi connectivity index (χ4n) is 4.17. The molecule has 2 aromatic heterocycles. The van der Waals surface area contributed by atoms with Gasteiger partial charge < -0.3 is 20.1 Å². The van der Waals surface area contributed by atoms with Gasteiger partial charge in [0.25, 0.3) is 0 Å². The molecule has 4 N–H and O–H groups in total. The molecule has 0 unspecified atom stereocenters. The van der Waals surface area contributed by atoms with Gasteiger partial charge in [-0.2, -0.15) is 4.98 Å². The average Bonchev–Trinajstić information content (AvgIpc) is 3.23. The van der Waals surface area contributed by atoms with E-state index in [4.69, 9.17) is 10.1 Å². The number of halogens is 1. The zero-order chi connectivity index (χ0) is 26.9. The minimum atomic E-state index is -3.84. The summed E-state index contributed by atoms with van der Waals surface area (Å²) >= 11 is 0. The largest absolute Gasteiger partial charge is 0.352 e. The van der Waals surface area contributed by atoms with Crippen LogP contribution in [0, 0.1) is 6.92 Å². The summed E-state index contributed by atoms with van der Waals surface area (Å²) in [6.45, 7) is 2.37. The second-order valence-corrected chi connectivity index (χ2v) is 10.5. The van der Waals surface area contributed by atoms with Crippen LogP contribution in [0.25, 0.3) is 11.0 Å². The first-order chi connectivity index (χ1) is 18.2. The van der Waals surface area contributed by atoms with E-state index in [0.717, 1.165) is 22.7 Å². The van der Waals surface area contributed by atoms with Gasteiger partial charge in [-0.15, -0.1) is 12.4 Å². The second-order valence-electron chi connectivity index (χ2n) is 8.95. The van der Waals surface area contributed by atoms with E-state index in [-0.39, 0.29) is 17.3 Å². The SMILES string of the molecule is Cc1ccc(Nc2nccc(N(C)c3ccc4c(c3)nc(NCc3ccccc3)n4C)n2)cc1S(N)(=O)=O.Cl. The Morgan fingerprint density at radius 2 is 1.77 bits per heavy atom. The minimum Gasteiger partial charge on any atom is -0.352 e. The lowest BCUT2D eigenvalue weighted by Crippen LogP contribution is -2.14. The summed E-state index contributed by atoms with van der Waals surface area (Å²) in [7, 11) is 0.0549. The lowest BCUT2D eigenvalue weighted by atomic mass is 10.2. The number of hydrogen-bond acceptors (Lipinski definition) is 8. The lowest BCUT2D eigenvalue weighted by molar-refractivity contribution is 0.597.